The Morgan fingerprint density at radius 1 is 1.00 bits per heavy atom. The first kappa shape index (κ1) is 18.3. The molecule has 1 N–H and O–H groups in total. The van der Waals surface area contributed by atoms with Crippen molar-refractivity contribution >= 4 is 15.8 Å². The van der Waals surface area contributed by atoms with Gasteiger partial charge in [-0.3, -0.25) is 4.90 Å². The lowest BCUT2D eigenvalue weighted by atomic mass is 10.1. The van der Waals surface area contributed by atoms with Crippen LogP contribution in [0.5, 0.6) is 0 Å². The minimum Gasteiger partial charge on any atom is -0.748 e. The quantitative estimate of drug-likeness (QED) is 0.583. The summed E-state index contributed by atoms with van der Waals surface area (Å²) in [6, 6.07) is 0. The van der Waals surface area contributed by atoms with E-state index < -0.39 is 10.1 Å². The zero-order chi connectivity index (χ0) is 17.6. The van der Waals surface area contributed by atoms with Crippen LogP contribution in [0.3, 0.4) is 0 Å². The largest absolute Gasteiger partial charge is 0.748 e. The highest BCUT2D eigenvalue weighted by Gasteiger charge is 2.07. The summed E-state index contributed by atoms with van der Waals surface area (Å²) in [5, 5.41) is 0. The molecule has 1 aliphatic carbocycles. The maximum absolute atomic E-state index is 10.6. The van der Waals surface area contributed by atoms with Gasteiger partial charge in [-0.15, -0.1) is 0 Å². The molecule has 24 heavy (non-hydrogen) atoms. The van der Waals surface area contributed by atoms with E-state index in [2.05, 4.69) is 35.0 Å². The van der Waals surface area contributed by atoms with E-state index in [1.165, 1.54) is 0 Å². The summed E-state index contributed by atoms with van der Waals surface area (Å²) in [6.45, 7) is 0.595. The van der Waals surface area contributed by atoms with Gasteiger partial charge in [0.05, 0.1) is 29.1 Å². The summed E-state index contributed by atoms with van der Waals surface area (Å²) in [7, 11) is -0.0889. The second-order valence-electron chi connectivity index (χ2n) is 5.93. The van der Waals surface area contributed by atoms with Crippen molar-refractivity contribution in [2.24, 2.45) is 0 Å². The molecule has 0 unspecified atom stereocenters. The number of allylic oxidation sites excluding steroid dienone is 10. The van der Waals surface area contributed by atoms with E-state index >= 15 is 0 Å². The third kappa shape index (κ3) is 6.23. The number of quaternary nitrogens is 1. The average molecular weight is 347 g/mol. The molecule has 0 aromatic carbocycles. The molecular formula is C18H23N2O3S+. The molecule has 0 spiro atoms. The molecule has 0 aromatic heterocycles. The first-order valence-electron chi connectivity index (χ1n) is 7.81. The molecule has 0 bridgehead atoms. The monoisotopic (exact) mass is 347 g/mol. The predicted molar refractivity (Wildman–Crippen MR) is 94.9 cm³/mol. The van der Waals surface area contributed by atoms with Gasteiger partial charge in [0.2, 0.25) is 0 Å². The molecule has 0 saturated carbocycles. The maximum atomic E-state index is 10.6. The Bertz CT molecular complexity index is 756. The molecule has 0 aromatic rings. The minimum absolute atomic E-state index is 0.308. The normalized spacial score (nSPS) is 19.8. The molecule has 128 valence electrons. The fourth-order valence-electron chi connectivity index (χ4n) is 2.32. The van der Waals surface area contributed by atoms with Gasteiger partial charge in [0, 0.05) is 24.3 Å². The minimum atomic E-state index is -4.11. The van der Waals surface area contributed by atoms with Crippen LogP contribution in [0.2, 0.25) is 0 Å². The molecule has 0 saturated heterocycles. The number of nitrogens with zero attached hydrogens (tertiary/aromatic N) is 1. The number of hydrogen-bond donors (Lipinski definition) is 1. The second-order valence-corrected chi connectivity index (χ2v) is 7.45. The fourth-order valence-corrected chi connectivity index (χ4v) is 2.82. The van der Waals surface area contributed by atoms with Crippen molar-refractivity contribution in [3.63, 3.8) is 0 Å². The van der Waals surface area contributed by atoms with Crippen molar-refractivity contribution in [2.45, 2.75) is 6.42 Å². The summed E-state index contributed by atoms with van der Waals surface area (Å²) >= 11 is 0. The van der Waals surface area contributed by atoms with Crippen molar-refractivity contribution in [2.75, 3.05) is 26.4 Å². The number of rotatable bonds is 5. The van der Waals surface area contributed by atoms with E-state index in [0.717, 1.165) is 21.8 Å². The molecule has 2 aliphatic rings. The van der Waals surface area contributed by atoms with Gasteiger partial charge in [0.15, 0.2) is 5.71 Å². The highest BCUT2D eigenvalue weighted by Crippen LogP contribution is 2.09. The van der Waals surface area contributed by atoms with Gasteiger partial charge < -0.3 is 4.55 Å². The smallest absolute Gasteiger partial charge is 0.199 e. The highest BCUT2D eigenvalue weighted by atomic mass is 32.2. The van der Waals surface area contributed by atoms with Gasteiger partial charge in [-0.25, -0.2) is 13.0 Å². The Morgan fingerprint density at radius 2 is 1.54 bits per heavy atom. The highest BCUT2D eigenvalue weighted by molar-refractivity contribution is 7.85. The number of nitrogens with one attached hydrogen (secondary N) is 1. The average Bonchev–Trinajstić information content (AvgIpc) is 2.53. The molecule has 2 rings (SSSR count). The molecule has 0 atom stereocenters. The summed E-state index contributed by atoms with van der Waals surface area (Å²) in [5.41, 5.74) is 3.37. The summed E-state index contributed by atoms with van der Waals surface area (Å²) in [5.74, 6) is -0.308. The van der Waals surface area contributed by atoms with Crippen LogP contribution in [0.4, 0.5) is 0 Å². The van der Waals surface area contributed by atoms with Gasteiger partial charge in [0.1, 0.15) is 14.1 Å². The van der Waals surface area contributed by atoms with Crippen molar-refractivity contribution in [1.29, 1.82) is 0 Å². The Morgan fingerprint density at radius 3 is 2.04 bits per heavy atom. The molecule has 0 fully saturated rings. The maximum Gasteiger partial charge on any atom is 0.199 e. The predicted octanol–water partition coefficient (Wildman–Crippen LogP) is 0.540. The standard InChI is InChI=1S/C18H22N2O3S/c1-19(2)18-8-6-16(7-9-18)4-5-17-10-13-20(14-11-17)12-3-15-24(21,22)23/h4-11,13-14H,3,12,15H2,1-2H3/p+1. The molecule has 0 radical (unpaired) electrons. The van der Waals surface area contributed by atoms with Crippen LogP contribution >= 0.6 is 0 Å². The van der Waals surface area contributed by atoms with Crippen LogP contribution in [0.1, 0.15) is 6.42 Å². The molecule has 6 heteroatoms. The van der Waals surface area contributed by atoms with Crippen LogP contribution in [0.15, 0.2) is 72.2 Å². The van der Waals surface area contributed by atoms with Crippen LogP contribution in [0, 0.1) is 0 Å². The zero-order valence-corrected chi connectivity index (χ0v) is 14.8. The van der Waals surface area contributed by atoms with Crippen molar-refractivity contribution in [1.82, 2.24) is 0 Å². The van der Waals surface area contributed by atoms with Gasteiger partial charge >= 0.3 is 0 Å². The Balaban J connectivity index is 1.89. The third-order valence-electron chi connectivity index (χ3n) is 3.72. The third-order valence-corrected chi connectivity index (χ3v) is 4.51. The fraction of sp³-hybridized carbons (Fsp3) is 0.278. The molecule has 1 aliphatic heterocycles. The lowest BCUT2D eigenvalue weighted by Crippen LogP contribution is -3.03. The van der Waals surface area contributed by atoms with E-state index in [1.54, 1.807) is 0 Å². The Kier molecular flexibility index (Phi) is 6.25. The number of hydrogen-bond acceptors (Lipinski definition) is 3. The SMILES string of the molecule is C[N+](C)=C1C=CC(=CC=C2C=C[NH+](CCCS(=O)(=O)[O-])C=C2)C=C1. The van der Waals surface area contributed by atoms with E-state index in [-0.39, 0.29) is 5.75 Å². The summed E-state index contributed by atoms with van der Waals surface area (Å²) < 4.78 is 33.8. The van der Waals surface area contributed by atoms with Gasteiger partial charge in [0.25, 0.3) is 0 Å². The molecule has 0 amide bonds. The van der Waals surface area contributed by atoms with Crippen LogP contribution < -0.4 is 4.90 Å². The Hall–Kier alpha value is -2.02. The van der Waals surface area contributed by atoms with E-state index in [1.807, 2.05) is 44.7 Å². The van der Waals surface area contributed by atoms with Crippen LogP contribution in [-0.4, -0.2) is 49.7 Å². The zero-order valence-electron chi connectivity index (χ0n) is 14.0. The van der Waals surface area contributed by atoms with Crippen LogP contribution in [0.25, 0.3) is 0 Å². The summed E-state index contributed by atoms with van der Waals surface area (Å²) in [6.07, 6.45) is 20.7. The van der Waals surface area contributed by atoms with E-state index in [0.29, 0.717) is 13.0 Å². The summed E-state index contributed by atoms with van der Waals surface area (Å²) in [4.78, 5) is 1.03. The lowest BCUT2D eigenvalue weighted by Gasteiger charge is -2.13. The van der Waals surface area contributed by atoms with E-state index in [4.69, 9.17) is 0 Å². The van der Waals surface area contributed by atoms with Gasteiger partial charge in [-0.2, -0.15) is 0 Å². The van der Waals surface area contributed by atoms with Gasteiger partial charge in [-0.05, 0) is 35.5 Å². The van der Waals surface area contributed by atoms with Crippen molar-refractivity contribution in [3.05, 3.63) is 72.2 Å². The van der Waals surface area contributed by atoms with Crippen LogP contribution in [-0.2, 0) is 10.1 Å². The molecule has 1 heterocycles. The molecular weight excluding hydrogens is 324 g/mol. The molecule has 5 nitrogen and oxygen atoms in total. The Labute approximate surface area is 143 Å². The van der Waals surface area contributed by atoms with E-state index in [9.17, 15) is 13.0 Å². The van der Waals surface area contributed by atoms with Crippen molar-refractivity contribution in [3.8, 4) is 0 Å². The first-order chi connectivity index (χ1) is 11.3. The lowest BCUT2D eigenvalue weighted by molar-refractivity contribution is -0.790. The van der Waals surface area contributed by atoms with Gasteiger partial charge in [-0.1, -0.05) is 12.2 Å². The first-order valence-corrected chi connectivity index (χ1v) is 9.39. The topological polar surface area (TPSA) is 64.7 Å². The van der Waals surface area contributed by atoms with Crippen molar-refractivity contribution < 1.29 is 22.4 Å². The second kappa shape index (κ2) is 8.19.